The van der Waals surface area contributed by atoms with Crippen molar-refractivity contribution in [2.24, 2.45) is 5.92 Å². The second-order valence-corrected chi connectivity index (χ2v) is 10.6. The van der Waals surface area contributed by atoms with Gasteiger partial charge in [-0.2, -0.15) is 0 Å². The molecule has 9 heteroatoms. The number of hydrogen-bond donors (Lipinski definition) is 1. The highest BCUT2D eigenvalue weighted by molar-refractivity contribution is 7.90. The van der Waals surface area contributed by atoms with E-state index in [0.29, 0.717) is 35.9 Å². The van der Waals surface area contributed by atoms with Crippen molar-refractivity contribution in [1.29, 1.82) is 0 Å². The number of likely N-dealkylation sites (tertiary alicyclic amines) is 1. The number of H-pyrrole nitrogens is 1. The van der Waals surface area contributed by atoms with Gasteiger partial charge in [-0.05, 0) is 48.9 Å². The van der Waals surface area contributed by atoms with Crippen LogP contribution in [0.4, 0.5) is 0 Å². The van der Waals surface area contributed by atoms with E-state index in [1.54, 1.807) is 18.3 Å². The van der Waals surface area contributed by atoms with Gasteiger partial charge in [0.2, 0.25) is 5.91 Å². The Morgan fingerprint density at radius 1 is 1.15 bits per heavy atom. The van der Waals surface area contributed by atoms with Gasteiger partial charge in [-0.15, -0.1) is 0 Å². The van der Waals surface area contributed by atoms with Gasteiger partial charge in [-0.1, -0.05) is 13.0 Å². The normalized spacial score (nSPS) is 16.4. The summed E-state index contributed by atoms with van der Waals surface area (Å²) in [6, 6.07) is 15.7. The fourth-order valence-electron chi connectivity index (χ4n) is 4.06. The molecule has 1 unspecified atom stereocenters. The molecule has 4 aromatic rings. The van der Waals surface area contributed by atoms with Gasteiger partial charge in [0.25, 0.3) is 0 Å². The number of aromatic nitrogens is 3. The van der Waals surface area contributed by atoms with Gasteiger partial charge < -0.3 is 14.6 Å². The fourth-order valence-corrected chi connectivity index (χ4v) is 4.69. The van der Waals surface area contributed by atoms with Crippen LogP contribution in [0.2, 0.25) is 0 Å². The number of imidazole rings is 1. The maximum atomic E-state index is 12.6. The van der Waals surface area contributed by atoms with Crippen molar-refractivity contribution in [3.05, 3.63) is 66.4 Å². The highest BCUT2D eigenvalue weighted by atomic mass is 32.2. The summed E-state index contributed by atoms with van der Waals surface area (Å²) in [5, 5.41) is 0. The Labute approximate surface area is 197 Å². The molecule has 1 atom stereocenters. The minimum absolute atomic E-state index is 0.0135. The quantitative estimate of drug-likeness (QED) is 0.447. The summed E-state index contributed by atoms with van der Waals surface area (Å²) in [5.41, 5.74) is 3.07. The van der Waals surface area contributed by atoms with E-state index in [4.69, 9.17) is 4.74 Å². The lowest BCUT2D eigenvalue weighted by atomic mass is 10.1. The maximum absolute atomic E-state index is 12.6. The Hall–Kier alpha value is -3.72. The molecule has 0 aliphatic carbocycles. The second-order valence-electron chi connectivity index (χ2n) is 8.57. The highest BCUT2D eigenvalue weighted by Gasteiger charge is 2.28. The minimum Gasteiger partial charge on any atom is -0.457 e. The van der Waals surface area contributed by atoms with Crippen LogP contribution in [0.3, 0.4) is 0 Å². The summed E-state index contributed by atoms with van der Waals surface area (Å²) in [6.45, 7) is 3.05. The number of benzene rings is 2. The summed E-state index contributed by atoms with van der Waals surface area (Å²) < 4.78 is 29.7. The van der Waals surface area contributed by atoms with Crippen molar-refractivity contribution < 1.29 is 17.9 Å². The van der Waals surface area contributed by atoms with Crippen LogP contribution in [0.25, 0.3) is 22.6 Å². The lowest BCUT2D eigenvalue weighted by Crippen LogP contribution is -2.26. The molecule has 0 bridgehead atoms. The van der Waals surface area contributed by atoms with Crippen molar-refractivity contribution in [3.63, 3.8) is 0 Å². The van der Waals surface area contributed by atoms with E-state index >= 15 is 0 Å². The van der Waals surface area contributed by atoms with Crippen molar-refractivity contribution in [2.45, 2.75) is 24.8 Å². The molecule has 1 fully saturated rings. The number of pyridine rings is 1. The number of fused-ring (bicyclic) bond motifs is 1. The molecule has 34 heavy (non-hydrogen) atoms. The Kier molecular flexibility index (Phi) is 5.57. The number of carbonyl (C=O) groups excluding carboxylic acids is 1. The third-order valence-electron chi connectivity index (χ3n) is 5.98. The highest BCUT2D eigenvalue weighted by Crippen LogP contribution is 2.33. The fraction of sp³-hybridized carbons (Fsp3) is 0.240. The molecule has 1 aliphatic heterocycles. The molecule has 1 aliphatic rings. The number of nitrogens with zero attached hydrogens (tertiary/aromatic N) is 3. The van der Waals surface area contributed by atoms with E-state index in [2.05, 4.69) is 15.0 Å². The molecule has 0 saturated carbocycles. The summed E-state index contributed by atoms with van der Waals surface area (Å²) in [6.07, 6.45) is 3.71. The Balaban J connectivity index is 1.53. The van der Waals surface area contributed by atoms with Crippen LogP contribution in [0.5, 0.6) is 11.5 Å². The number of rotatable bonds is 6. The zero-order valence-corrected chi connectivity index (χ0v) is 19.7. The molecular weight excluding hydrogens is 452 g/mol. The van der Waals surface area contributed by atoms with E-state index in [0.717, 1.165) is 23.2 Å². The third kappa shape index (κ3) is 4.38. The van der Waals surface area contributed by atoms with Crippen molar-refractivity contribution in [1.82, 2.24) is 19.9 Å². The molecule has 1 N–H and O–H groups in total. The molecular formula is C25H24N4O4S. The monoisotopic (exact) mass is 476 g/mol. The standard InChI is InChI=1S/C25H24N4O4S/c1-16-10-12-29(25(16)30)15-17-13-21-22(28-24(27-21)20-5-3-4-11-26-20)14-23(17)33-18-6-8-19(9-7-18)34(2,31)32/h3-9,11,13-14,16H,10,12,15H2,1-2H3,(H,27,28). The van der Waals surface area contributed by atoms with Crippen LogP contribution in [0.1, 0.15) is 18.9 Å². The minimum atomic E-state index is -3.30. The van der Waals surface area contributed by atoms with Gasteiger partial charge in [-0.3, -0.25) is 9.78 Å². The zero-order valence-electron chi connectivity index (χ0n) is 18.9. The summed E-state index contributed by atoms with van der Waals surface area (Å²) in [5.74, 6) is 1.84. The van der Waals surface area contributed by atoms with E-state index in [1.165, 1.54) is 18.4 Å². The maximum Gasteiger partial charge on any atom is 0.225 e. The van der Waals surface area contributed by atoms with Crippen LogP contribution in [-0.4, -0.2) is 47.0 Å². The van der Waals surface area contributed by atoms with Gasteiger partial charge in [-0.25, -0.2) is 13.4 Å². The molecule has 2 aromatic carbocycles. The van der Waals surface area contributed by atoms with Crippen molar-refractivity contribution >= 4 is 26.8 Å². The van der Waals surface area contributed by atoms with Gasteiger partial charge in [0, 0.05) is 43.1 Å². The average molecular weight is 477 g/mol. The van der Waals surface area contributed by atoms with Gasteiger partial charge in [0.05, 0.1) is 15.9 Å². The molecule has 3 heterocycles. The predicted octanol–water partition coefficient (Wildman–Crippen LogP) is 4.19. The van der Waals surface area contributed by atoms with Gasteiger partial charge in [0.1, 0.15) is 17.2 Å². The second kappa shape index (κ2) is 8.57. The van der Waals surface area contributed by atoms with Crippen LogP contribution in [0.15, 0.2) is 65.7 Å². The van der Waals surface area contributed by atoms with Crippen LogP contribution in [-0.2, 0) is 21.2 Å². The zero-order chi connectivity index (χ0) is 23.9. The number of carbonyl (C=O) groups is 1. The topological polar surface area (TPSA) is 105 Å². The van der Waals surface area contributed by atoms with E-state index in [9.17, 15) is 13.2 Å². The Morgan fingerprint density at radius 3 is 2.59 bits per heavy atom. The number of sulfone groups is 1. The Morgan fingerprint density at radius 2 is 1.94 bits per heavy atom. The summed E-state index contributed by atoms with van der Waals surface area (Å²) in [4.78, 5) is 27.0. The molecule has 174 valence electrons. The molecule has 5 rings (SSSR count). The molecule has 1 amide bonds. The van der Waals surface area contributed by atoms with Gasteiger partial charge >= 0.3 is 0 Å². The third-order valence-corrected chi connectivity index (χ3v) is 7.11. The van der Waals surface area contributed by atoms with Crippen LogP contribution in [0, 0.1) is 5.92 Å². The van der Waals surface area contributed by atoms with Crippen molar-refractivity contribution in [2.75, 3.05) is 12.8 Å². The lowest BCUT2D eigenvalue weighted by Gasteiger charge is -2.19. The summed E-state index contributed by atoms with van der Waals surface area (Å²) in [7, 11) is -3.30. The average Bonchev–Trinajstić information content (AvgIpc) is 3.37. The smallest absolute Gasteiger partial charge is 0.225 e. The number of aromatic amines is 1. The molecule has 0 radical (unpaired) electrons. The first kappa shape index (κ1) is 22.1. The SMILES string of the molecule is CC1CCN(Cc2cc3[nH]c(-c4ccccn4)nc3cc2Oc2ccc(S(C)(=O)=O)cc2)C1=O. The van der Waals surface area contributed by atoms with Crippen LogP contribution >= 0.6 is 0 Å². The molecule has 0 spiro atoms. The molecule has 1 saturated heterocycles. The lowest BCUT2D eigenvalue weighted by molar-refractivity contribution is -0.131. The van der Waals surface area contributed by atoms with Crippen LogP contribution < -0.4 is 4.74 Å². The molecule has 8 nitrogen and oxygen atoms in total. The predicted molar refractivity (Wildman–Crippen MR) is 128 cm³/mol. The van der Waals surface area contributed by atoms with E-state index in [-0.39, 0.29) is 16.7 Å². The number of ether oxygens (including phenoxy) is 1. The number of hydrogen-bond acceptors (Lipinski definition) is 6. The van der Waals surface area contributed by atoms with E-state index in [1.807, 2.05) is 42.2 Å². The molecule has 2 aromatic heterocycles. The Bertz CT molecular complexity index is 1460. The first-order valence-electron chi connectivity index (χ1n) is 11.0. The van der Waals surface area contributed by atoms with Gasteiger partial charge in [0.15, 0.2) is 15.7 Å². The number of nitrogens with one attached hydrogen (secondary N) is 1. The van der Waals surface area contributed by atoms with E-state index < -0.39 is 9.84 Å². The largest absolute Gasteiger partial charge is 0.457 e. The first-order valence-corrected chi connectivity index (χ1v) is 12.9. The number of amides is 1. The summed E-state index contributed by atoms with van der Waals surface area (Å²) >= 11 is 0. The first-order chi connectivity index (χ1) is 16.3. The van der Waals surface area contributed by atoms with Crippen molar-refractivity contribution in [3.8, 4) is 23.0 Å².